The van der Waals surface area contributed by atoms with Crippen LogP contribution in [0, 0.1) is 16.0 Å². The monoisotopic (exact) mass is 265 g/mol. The number of hydrogen-bond acceptors (Lipinski definition) is 6. The molecule has 0 aromatic carbocycles. The first kappa shape index (κ1) is 13.5. The van der Waals surface area contributed by atoms with Gasteiger partial charge in [0.15, 0.2) is 0 Å². The zero-order valence-corrected chi connectivity index (χ0v) is 11.1. The molecule has 1 saturated carbocycles. The summed E-state index contributed by atoms with van der Waals surface area (Å²) in [6, 6.07) is 0. The first-order valence-corrected chi connectivity index (χ1v) is 6.56. The molecule has 0 aliphatic heterocycles. The Morgan fingerprint density at radius 1 is 1.47 bits per heavy atom. The Kier molecular flexibility index (Phi) is 4.13. The van der Waals surface area contributed by atoms with Crippen LogP contribution < -0.4 is 10.6 Å². The van der Waals surface area contributed by atoms with Crippen molar-refractivity contribution < 1.29 is 4.92 Å². The molecule has 1 heterocycles. The van der Waals surface area contributed by atoms with Crippen molar-refractivity contribution in [1.82, 2.24) is 9.97 Å². The third-order valence-electron chi connectivity index (χ3n) is 3.58. The summed E-state index contributed by atoms with van der Waals surface area (Å²) >= 11 is 0. The molecule has 1 aliphatic rings. The molecule has 2 N–H and O–H groups in total. The highest BCUT2D eigenvalue weighted by molar-refractivity contribution is 5.57. The highest BCUT2D eigenvalue weighted by Crippen LogP contribution is 2.29. The molecule has 0 spiro atoms. The lowest BCUT2D eigenvalue weighted by molar-refractivity contribution is -0.384. The van der Waals surface area contributed by atoms with Crippen LogP contribution in [0.2, 0.25) is 0 Å². The lowest BCUT2D eigenvalue weighted by atomic mass is 9.89. The van der Waals surface area contributed by atoms with Crippen molar-refractivity contribution in [3.63, 3.8) is 0 Å². The average molecular weight is 265 g/mol. The summed E-state index contributed by atoms with van der Waals surface area (Å²) in [6.45, 7) is 0.775. The quantitative estimate of drug-likeness (QED) is 0.660. The van der Waals surface area contributed by atoms with Gasteiger partial charge in [-0.15, -0.1) is 0 Å². The summed E-state index contributed by atoms with van der Waals surface area (Å²) in [5, 5.41) is 11.0. The Labute approximate surface area is 112 Å². The van der Waals surface area contributed by atoms with Crippen LogP contribution in [0.15, 0.2) is 6.20 Å². The third kappa shape index (κ3) is 3.30. The van der Waals surface area contributed by atoms with E-state index in [1.54, 1.807) is 0 Å². The highest BCUT2D eigenvalue weighted by atomic mass is 16.6. The molecular formula is C12H19N5O2. The molecule has 0 saturated heterocycles. The van der Waals surface area contributed by atoms with E-state index in [0.29, 0.717) is 11.7 Å². The number of hydrogen-bond donors (Lipinski definition) is 1. The maximum Gasteiger partial charge on any atom is 0.329 e. The van der Waals surface area contributed by atoms with E-state index in [0.717, 1.165) is 6.54 Å². The number of anilines is 2. The summed E-state index contributed by atoms with van der Waals surface area (Å²) in [7, 11) is 1.82. The van der Waals surface area contributed by atoms with E-state index in [-0.39, 0.29) is 11.6 Å². The van der Waals surface area contributed by atoms with Gasteiger partial charge in [0.1, 0.15) is 6.20 Å². The maximum atomic E-state index is 11.0. The van der Waals surface area contributed by atoms with E-state index in [2.05, 4.69) is 9.97 Å². The molecule has 0 radical (unpaired) electrons. The van der Waals surface area contributed by atoms with Gasteiger partial charge in [0.25, 0.3) is 0 Å². The van der Waals surface area contributed by atoms with Gasteiger partial charge in [0, 0.05) is 13.6 Å². The van der Waals surface area contributed by atoms with Gasteiger partial charge in [-0.3, -0.25) is 10.1 Å². The van der Waals surface area contributed by atoms with Crippen molar-refractivity contribution in [2.24, 2.45) is 5.92 Å². The molecule has 0 bridgehead atoms. The van der Waals surface area contributed by atoms with Gasteiger partial charge in [-0.05, 0) is 18.8 Å². The predicted octanol–water partition coefficient (Wildman–Crippen LogP) is 1.98. The number of nitrogens with zero attached hydrogens (tertiary/aromatic N) is 4. The van der Waals surface area contributed by atoms with Crippen molar-refractivity contribution >= 4 is 17.5 Å². The summed E-state index contributed by atoms with van der Waals surface area (Å²) in [4.78, 5) is 20.0. The SMILES string of the molecule is CN(CC1CCCCC1)c1nc(N)ncc1[N+](=O)[O-]. The molecule has 0 atom stereocenters. The van der Waals surface area contributed by atoms with Crippen molar-refractivity contribution in [1.29, 1.82) is 0 Å². The van der Waals surface area contributed by atoms with Gasteiger partial charge in [-0.25, -0.2) is 4.98 Å². The van der Waals surface area contributed by atoms with Crippen molar-refractivity contribution in [3.8, 4) is 0 Å². The Morgan fingerprint density at radius 3 is 2.79 bits per heavy atom. The number of nitro groups is 1. The van der Waals surface area contributed by atoms with Crippen LogP contribution in [0.4, 0.5) is 17.5 Å². The van der Waals surface area contributed by atoms with Crippen LogP contribution in [0.3, 0.4) is 0 Å². The number of aromatic nitrogens is 2. The van der Waals surface area contributed by atoms with Crippen LogP contribution in [0.1, 0.15) is 32.1 Å². The Hall–Kier alpha value is -1.92. The minimum absolute atomic E-state index is 0.0658. The van der Waals surface area contributed by atoms with E-state index in [9.17, 15) is 10.1 Å². The Morgan fingerprint density at radius 2 is 2.16 bits per heavy atom. The van der Waals surface area contributed by atoms with Crippen molar-refractivity contribution in [3.05, 3.63) is 16.3 Å². The lowest BCUT2D eigenvalue weighted by Gasteiger charge is -2.27. The maximum absolute atomic E-state index is 11.0. The van der Waals surface area contributed by atoms with E-state index in [1.807, 2.05) is 11.9 Å². The van der Waals surface area contributed by atoms with Gasteiger partial charge in [0.05, 0.1) is 4.92 Å². The van der Waals surface area contributed by atoms with Crippen LogP contribution in [0.5, 0.6) is 0 Å². The summed E-state index contributed by atoms with van der Waals surface area (Å²) in [5.41, 5.74) is 5.44. The summed E-state index contributed by atoms with van der Waals surface area (Å²) in [5.74, 6) is 0.953. The number of rotatable bonds is 4. The number of nitrogen functional groups attached to an aromatic ring is 1. The first-order chi connectivity index (χ1) is 9.08. The summed E-state index contributed by atoms with van der Waals surface area (Å²) in [6.07, 6.45) is 7.31. The molecule has 104 valence electrons. The van der Waals surface area contributed by atoms with Gasteiger partial charge >= 0.3 is 5.69 Å². The molecule has 19 heavy (non-hydrogen) atoms. The first-order valence-electron chi connectivity index (χ1n) is 6.56. The second kappa shape index (κ2) is 5.81. The topological polar surface area (TPSA) is 98.2 Å². The van der Waals surface area contributed by atoms with Gasteiger partial charge in [-0.2, -0.15) is 4.98 Å². The van der Waals surface area contributed by atoms with Crippen LogP contribution in [0.25, 0.3) is 0 Å². The molecule has 2 rings (SSSR count). The van der Waals surface area contributed by atoms with E-state index in [4.69, 9.17) is 5.73 Å². The van der Waals surface area contributed by atoms with Crippen molar-refractivity contribution in [2.45, 2.75) is 32.1 Å². The molecule has 1 aromatic heterocycles. The number of nitrogens with two attached hydrogens (primary N) is 1. The largest absolute Gasteiger partial charge is 0.368 e. The molecule has 1 aromatic rings. The van der Waals surface area contributed by atoms with Crippen LogP contribution >= 0.6 is 0 Å². The standard InChI is InChI=1S/C12H19N5O2/c1-16(8-9-5-3-2-4-6-9)11-10(17(18)19)7-14-12(13)15-11/h7,9H,2-6,8H2,1H3,(H2,13,14,15). The second-order valence-corrected chi connectivity index (χ2v) is 5.08. The molecule has 1 fully saturated rings. The normalized spacial score (nSPS) is 16.3. The molecular weight excluding hydrogens is 246 g/mol. The smallest absolute Gasteiger partial charge is 0.329 e. The van der Waals surface area contributed by atoms with E-state index < -0.39 is 4.92 Å². The Bertz CT molecular complexity index is 459. The van der Waals surface area contributed by atoms with Gasteiger partial charge in [-0.1, -0.05) is 19.3 Å². The fourth-order valence-corrected chi connectivity index (χ4v) is 2.63. The fraction of sp³-hybridized carbons (Fsp3) is 0.667. The van der Waals surface area contributed by atoms with Crippen molar-refractivity contribution in [2.75, 3.05) is 24.2 Å². The average Bonchev–Trinajstić information content (AvgIpc) is 2.39. The molecule has 1 aliphatic carbocycles. The molecule has 0 unspecified atom stereocenters. The molecule has 0 amide bonds. The lowest BCUT2D eigenvalue weighted by Crippen LogP contribution is -2.28. The van der Waals surface area contributed by atoms with Crippen LogP contribution in [-0.2, 0) is 0 Å². The molecule has 7 nitrogen and oxygen atoms in total. The second-order valence-electron chi connectivity index (χ2n) is 5.08. The predicted molar refractivity (Wildman–Crippen MR) is 72.9 cm³/mol. The third-order valence-corrected chi connectivity index (χ3v) is 3.58. The minimum Gasteiger partial charge on any atom is -0.368 e. The fourth-order valence-electron chi connectivity index (χ4n) is 2.63. The minimum atomic E-state index is -0.466. The zero-order valence-electron chi connectivity index (χ0n) is 11.1. The van der Waals surface area contributed by atoms with Gasteiger partial charge in [0.2, 0.25) is 11.8 Å². The zero-order chi connectivity index (χ0) is 13.8. The Balaban J connectivity index is 2.14. The van der Waals surface area contributed by atoms with Crippen LogP contribution in [-0.4, -0.2) is 28.5 Å². The van der Waals surface area contributed by atoms with Gasteiger partial charge < -0.3 is 10.6 Å². The molecule has 7 heteroatoms. The van der Waals surface area contributed by atoms with E-state index in [1.165, 1.54) is 38.3 Å². The van der Waals surface area contributed by atoms with E-state index >= 15 is 0 Å². The highest BCUT2D eigenvalue weighted by Gasteiger charge is 2.23. The summed E-state index contributed by atoms with van der Waals surface area (Å²) < 4.78 is 0.